The first kappa shape index (κ1) is 18.7. The zero-order chi connectivity index (χ0) is 18.4. The molecule has 0 heterocycles. The number of hydrogen-bond acceptors (Lipinski definition) is 4. The number of benzene rings is 2. The lowest BCUT2D eigenvalue weighted by molar-refractivity contribution is -0.123. The first-order valence-electron chi connectivity index (χ1n) is 8.08. The second kappa shape index (κ2) is 8.44. The van der Waals surface area contributed by atoms with Crippen LogP contribution >= 0.6 is 0 Å². The summed E-state index contributed by atoms with van der Waals surface area (Å²) in [5, 5.41) is 2.83. The van der Waals surface area contributed by atoms with Gasteiger partial charge in [-0.15, -0.1) is 0 Å². The van der Waals surface area contributed by atoms with E-state index >= 15 is 0 Å². The van der Waals surface area contributed by atoms with Gasteiger partial charge in [0.25, 0.3) is 5.91 Å². The first-order chi connectivity index (χ1) is 11.9. The van der Waals surface area contributed by atoms with Crippen LogP contribution in [0.25, 0.3) is 0 Å². The van der Waals surface area contributed by atoms with E-state index in [0.29, 0.717) is 12.2 Å². The van der Waals surface area contributed by atoms with E-state index in [0.717, 1.165) is 22.4 Å². The second-order valence-electron chi connectivity index (χ2n) is 5.94. The van der Waals surface area contributed by atoms with Gasteiger partial charge in [0, 0.05) is 12.8 Å². The Morgan fingerprint density at radius 2 is 1.72 bits per heavy atom. The number of hydrogen-bond donors (Lipinski definition) is 1. The van der Waals surface area contributed by atoms with Crippen LogP contribution < -0.4 is 5.32 Å². The van der Waals surface area contributed by atoms with Gasteiger partial charge in [-0.1, -0.05) is 30.3 Å². The Kier molecular flexibility index (Phi) is 6.31. The molecule has 0 saturated carbocycles. The van der Waals surface area contributed by atoms with Gasteiger partial charge < -0.3 is 14.8 Å². The Bertz CT molecular complexity index is 750. The van der Waals surface area contributed by atoms with Gasteiger partial charge in [0.15, 0.2) is 6.10 Å². The van der Waals surface area contributed by atoms with Gasteiger partial charge in [0.1, 0.15) is 0 Å². The van der Waals surface area contributed by atoms with Crippen LogP contribution in [0.4, 0.5) is 5.69 Å². The van der Waals surface area contributed by atoms with Crippen molar-refractivity contribution in [3.05, 3.63) is 64.7 Å². The van der Waals surface area contributed by atoms with E-state index in [1.54, 1.807) is 32.2 Å². The molecule has 2 aromatic carbocycles. The van der Waals surface area contributed by atoms with E-state index in [4.69, 9.17) is 9.47 Å². The number of para-hydroxylation sites is 1. The molecule has 0 aliphatic rings. The number of esters is 1. The normalized spacial score (nSPS) is 11.7. The second-order valence-corrected chi connectivity index (χ2v) is 5.94. The Labute approximate surface area is 148 Å². The molecule has 5 heteroatoms. The molecule has 0 aliphatic carbocycles. The van der Waals surface area contributed by atoms with Crippen LogP contribution in [0.3, 0.4) is 0 Å². The Morgan fingerprint density at radius 3 is 2.36 bits per heavy atom. The maximum atomic E-state index is 12.3. The van der Waals surface area contributed by atoms with Crippen molar-refractivity contribution in [2.75, 3.05) is 12.4 Å². The Balaban J connectivity index is 2.03. The van der Waals surface area contributed by atoms with E-state index < -0.39 is 12.1 Å². The van der Waals surface area contributed by atoms with Crippen LogP contribution in [0.1, 0.15) is 34.0 Å². The zero-order valence-corrected chi connectivity index (χ0v) is 15.0. The highest BCUT2D eigenvalue weighted by atomic mass is 16.5. The number of rotatable bonds is 6. The highest BCUT2D eigenvalue weighted by Gasteiger charge is 2.20. The molecular weight excluding hydrogens is 318 g/mol. The average molecular weight is 341 g/mol. The molecule has 5 nitrogen and oxygen atoms in total. The molecule has 0 fully saturated rings. The third-order valence-electron chi connectivity index (χ3n) is 3.86. The number of methoxy groups -OCH3 is 1. The zero-order valence-electron chi connectivity index (χ0n) is 15.0. The van der Waals surface area contributed by atoms with E-state index in [1.165, 1.54) is 0 Å². The molecule has 0 unspecified atom stereocenters. The van der Waals surface area contributed by atoms with Crippen molar-refractivity contribution in [1.82, 2.24) is 0 Å². The SMILES string of the molecule is COCc1cccc(C(=O)O[C@@H](C)C(=O)Nc2c(C)cccc2C)c1. The highest BCUT2D eigenvalue weighted by Crippen LogP contribution is 2.20. The van der Waals surface area contributed by atoms with Gasteiger partial charge in [-0.25, -0.2) is 4.79 Å². The molecule has 0 aromatic heterocycles. The molecule has 0 radical (unpaired) electrons. The number of ether oxygens (including phenoxy) is 2. The molecule has 0 saturated heterocycles. The van der Waals surface area contributed by atoms with E-state index in [1.807, 2.05) is 38.1 Å². The van der Waals surface area contributed by atoms with Gasteiger partial charge in [-0.3, -0.25) is 4.79 Å². The van der Waals surface area contributed by atoms with E-state index in [2.05, 4.69) is 5.32 Å². The van der Waals surface area contributed by atoms with E-state index in [-0.39, 0.29) is 5.91 Å². The number of aryl methyl sites for hydroxylation is 2. The van der Waals surface area contributed by atoms with Crippen molar-refractivity contribution in [3.8, 4) is 0 Å². The van der Waals surface area contributed by atoms with Crippen LogP contribution in [-0.2, 0) is 20.9 Å². The monoisotopic (exact) mass is 341 g/mol. The summed E-state index contributed by atoms with van der Waals surface area (Å²) in [4.78, 5) is 24.6. The van der Waals surface area contributed by atoms with Crippen molar-refractivity contribution in [2.45, 2.75) is 33.5 Å². The van der Waals surface area contributed by atoms with Gasteiger partial charge >= 0.3 is 5.97 Å². The fourth-order valence-corrected chi connectivity index (χ4v) is 2.47. The quantitative estimate of drug-likeness (QED) is 0.815. The Morgan fingerprint density at radius 1 is 1.08 bits per heavy atom. The lowest BCUT2D eigenvalue weighted by Crippen LogP contribution is -2.30. The number of carbonyl (C=O) groups is 2. The summed E-state index contributed by atoms with van der Waals surface area (Å²) in [7, 11) is 1.59. The predicted molar refractivity (Wildman–Crippen MR) is 96.6 cm³/mol. The molecular formula is C20H23NO4. The average Bonchev–Trinajstić information content (AvgIpc) is 2.58. The minimum Gasteiger partial charge on any atom is -0.449 e. The van der Waals surface area contributed by atoms with Crippen molar-refractivity contribution < 1.29 is 19.1 Å². The molecule has 2 aromatic rings. The smallest absolute Gasteiger partial charge is 0.338 e. The molecule has 0 bridgehead atoms. The maximum absolute atomic E-state index is 12.3. The lowest BCUT2D eigenvalue weighted by Gasteiger charge is -2.16. The van der Waals surface area contributed by atoms with Crippen molar-refractivity contribution in [2.24, 2.45) is 0 Å². The molecule has 1 amide bonds. The molecule has 25 heavy (non-hydrogen) atoms. The summed E-state index contributed by atoms with van der Waals surface area (Å²) in [6.07, 6.45) is -0.905. The maximum Gasteiger partial charge on any atom is 0.338 e. The third-order valence-corrected chi connectivity index (χ3v) is 3.86. The van der Waals surface area contributed by atoms with Gasteiger partial charge in [0.2, 0.25) is 0 Å². The predicted octanol–water partition coefficient (Wildman–Crippen LogP) is 3.63. The number of amides is 1. The topological polar surface area (TPSA) is 64.6 Å². The van der Waals surface area contributed by atoms with E-state index in [9.17, 15) is 9.59 Å². The van der Waals surface area contributed by atoms with Crippen molar-refractivity contribution in [1.29, 1.82) is 0 Å². The first-order valence-corrected chi connectivity index (χ1v) is 8.08. The van der Waals surface area contributed by atoms with Crippen LogP contribution in [0.15, 0.2) is 42.5 Å². The van der Waals surface area contributed by atoms with Crippen LogP contribution in [-0.4, -0.2) is 25.1 Å². The van der Waals surface area contributed by atoms with Crippen LogP contribution in [0.5, 0.6) is 0 Å². The van der Waals surface area contributed by atoms with Gasteiger partial charge in [0.05, 0.1) is 12.2 Å². The minimum absolute atomic E-state index is 0.362. The van der Waals surface area contributed by atoms with Crippen molar-refractivity contribution >= 4 is 17.6 Å². The van der Waals surface area contributed by atoms with Gasteiger partial charge in [-0.2, -0.15) is 0 Å². The summed E-state index contributed by atoms with van der Waals surface area (Å²) in [6.45, 7) is 5.80. The van der Waals surface area contributed by atoms with Crippen LogP contribution in [0.2, 0.25) is 0 Å². The minimum atomic E-state index is -0.905. The van der Waals surface area contributed by atoms with Crippen molar-refractivity contribution in [3.63, 3.8) is 0 Å². The highest BCUT2D eigenvalue weighted by molar-refractivity contribution is 5.98. The summed E-state index contributed by atoms with van der Waals surface area (Å²) in [6, 6.07) is 12.7. The van der Waals surface area contributed by atoms with Crippen LogP contribution in [0, 0.1) is 13.8 Å². The Hall–Kier alpha value is -2.66. The number of nitrogens with one attached hydrogen (secondary N) is 1. The van der Waals surface area contributed by atoms with Gasteiger partial charge in [-0.05, 0) is 49.6 Å². The molecule has 2 rings (SSSR count). The molecule has 1 atom stereocenters. The molecule has 0 aliphatic heterocycles. The third kappa shape index (κ3) is 4.90. The largest absolute Gasteiger partial charge is 0.449 e. The summed E-state index contributed by atoms with van der Waals surface area (Å²) in [5.74, 6) is -0.902. The summed E-state index contributed by atoms with van der Waals surface area (Å²) >= 11 is 0. The standard InChI is InChI=1S/C20H23NO4/c1-13-7-5-8-14(2)18(13)21-19(22)15(3)25-20(23)17-10-6-9-16(11-17)12-24-4/h5-11,15H,12H2,1-4H3,(H,21,22)/t15-/m0/s1. The molecule has 1 N–H and O–H groups in total. The fourth-order valence-electron chi connectivity index (χ4n) is 2.47. The lowest BCUT2D eigenvalue weighted by atomic mass is 10.1. The number of anilines is 1. The fraction of sp³-hybridized carbons (Fsp3) is 0.300. The summed E-state index contributed by atoms with van der Waals surface area (Å²) in [5.41, 5.74) is 3.92. The number of carbonyl (C=O) groups excluding carboxylic acids is 2. The molecule has 132 valence electrons. The summed E-state index contributed by atoms with van der Waals surface area (Å²) < 4.78 is 10.3. The molecule has 0 spiro atoms.